The van der Waals surface area contributed by atoms with E-state index in [0.717, 1.165) is 21.6 Å². The molecule has 25 heavy (non-hydrogen) atoms. The molecule has 0 amide bonds. The zero-order chi connectivity index (χ0) is 18.0. The number of nitrogens with zero attached hydrogens (tertiary/aromatic N) is 2. The van der Waals surface area contributed by atoms with E-state index in [1.807, 2.05) is 22.8 Å². The summed E-state index contributed by atoms with van der Waals surface area (Å²) in [6.07, 6.45) is 0. The van der Waals surface area contributed by atoms with Crippen LogP contribution < -0.4 is 9.54 Å². The largest absolute Gasteiger partial charge is 0.497 e. The highest BCUT2D eigenvalue weighted by Gasteiger charge is 2.17. The van der Waals surface area contributed by atoms with Crippen molar-refractivity contribution in [3.63, 3.8) is 0 Å². The van der Waals surface area contributed by atoms with Crippen molar-refractivity contribution < 1.29 is 17.9 Å². The standard InChI is InChI=1S/C15H15ClN2O4S3/c1-21-8-7-18-11-4-3-10(22-2)9-12(11)23-15(18)17-25(19,20)14-6-5-13(16)24-14/h3-6,9H,7-8H2,1-2H3. The van der Waals surface area contributed by atoms with Crippen molar-refractivity contribution in [2.24, 2.45) is 4.40 Å². The van der Waals surface area contributed by atoms with Crippen LogP contribution in [0.25, 0.3) is 10.2 Å². The lowest BCUT2D eigenvalue weighted by Crippen LogP contribution is -2.19. The highest BCUT2D eigenvalue weighted by atomic mass is 35.5. The zero-order valence-corrected chi connectivity index (χ0v) is 16.6. The quantitative estimate of drug-likeness (QED) is 0.615. The molecule has 0 aliphatic heterocycles. The molecule has 0 aliphatic carbocycles. The summed E-state index contributed by atoms with van der Waals surface area (Å²) < 4.78 is 42.8. The summed E-state index contributed by atoms with van der Waals surface area (Å²) in [6, 6.07) is 8.58. The Labute approximate surface area is 158 Å². The number of sulfonamides is 1. The summed E-state index contributed by atoms with van der Waals surface area (Å²) in [5.41, 5.74) is 0.876. The van der Waals surface area contributed by atoms with Crippen LogP contribution in [0.4, 0.5) is 0 Å². The molecule has 0 aliphatic rings. The molecular formula is C15H15ClN2O4S3. The van der Waals surface area contributed by atoms with Crippen LogP contribution in [0.2, 0.25) is 4.34 Å². The molecule has 2 aromatic heterocycles. The molecule has 1 aromatic carbocycles. The minimum Gasteiger partial charge on any atom is -0.497 e. The van der Waals surface area contributed by atoms with Gasteiger partial charge in [-0.05, 0) is 30.3 Å². The lowest BCUT2D eigenvalue weighted by atomic mass is 10.3. The molecule has 3 aromatic rings. The number of methoxy groups -OCH3 is 2. The Morgan fingerprint density at radius 1 is 1.20 bits per heavy atom. The van der Waals surface area contributed by atoms with Gasteiger partial charge in [0.1, 0.15) is 9.96 Å². The highest BCUT2D eigenvalue weighted by Crippen LogP contribution is 2.27. The summed E-state index contributed by atoms with van der Waals surface area (Å²) in [7, 11) is -0.643. The number of rotatable bonds is 6. The molecule has 3 rings (SSSR count). The maximum Gasteiger partial charge on any atom is 0.294 e. The van der Waals surface area contributed by atoms with Crippen molar-refractivity contribution in [2.75, 3.05) is 20.8 Å². The topological polar surface area (TPSA) is 69.9 Å². The second kappa shape index (κ2) is 7.46. The average molecular weight is 419 g/mol. The fourth-order valence-corrected chi connectivity index (χ4v) is 5.98. The highest BCUT2D eigenvalue weighted by molar-refractivity contribution is 7.92. The number of hydrogen-bond acceptors (Lipinski definition) is 6. The molecule has 0 atom stereocenters. The summed E-state index contributed by atoms with van der Waals surface area (Å²) >= 11 is 8.12. The zero-order valence-electron chi connectivity index (χ0n) is 13.4. The van der Waals surface area contributed by atoms with E-state index in [-0.39, 0.29) is 4.21 Å². The molecule has 0 saturated heterocycles. The molecule has 0 fully saturated rings. The summed E-state index contributed by atoms with van der Waals surface area (Å²) in [6.45, 7) is 0.929. The third kappa shape index (κ3) is 3.90. The number of ether oxygens (including phenoxy) is 2. The van der Waals surface area contributed by atoms with Gasteiger partial charge in [0, 0.05) is 13.7 Å². The van der Waals surface area contributed by atoms with Crippen molar-refractivity contribution >= 4 is 54.5 Å². The van der Waals surface area contributed by atoms with Crippen molar-refractivity contribution in [2.45, 2.75) is 10.8 Å². The summed E-state index contributed by atoms with van der Waals surface area (Å²) in [5, 5.41) is 0. The third-order valence-electron chi connectivity index (χ3n) is 3.41. The van der Waals surface area contributed by atoms with Gasteiger partial charge in [0.05, 0.1) is 28.3 Å². The second-order valence-electron chi connectivity index (χ2n) is 4.99. The van der Waals surface area contributed by atoms with Crippen LogP contribution >= 0.6 is 34.3 Å². The number of hydrogen-bond donors (Lipinski definition) is 0. The number of thiophene rings is 1. The predicted octanol–water partition coefficient (Wildman–Crippen LogP) is 3.36. The van der Waals surface area contributed by atoms with Gasteiger partial charge in [0.25, 0.3) is 10.0 Å². The SMILES string of the molecule is COCCn1c(=NS(=O)(=O)c2ccc(Cl)s2)sc2cc(OC)ccc21. The Morgan fingerprint density at radius 2 is 2.00 bits per heavy atom. The van der Waals surface area contributed by atoms with E-state index in [0.29, 0.717) is 28.0 Å². The van der Waals surface area contributed by atoms with E-state index < -0.39 is 10.0 Å². The van der Waals surface area contributed by atoms with E-state index in [4.69, 9.17) is 21.1 Å². The minimum atomic E-state index is -3.83. The number of thiazole rings is 1. The molecule has 0 unspecified atom stereocenters. The molecule has 0 bridgehead atoms. The van der Waals surface area contributed by atoms with Gasteiger partial charge in [-0.3, -0.25) is 0 Å². The Morgan fingerprint density at radius 3 is 2.64 bits per heavy atom. The van der Waals surface area contributed by atoms with Crippen LogP contribution in [-0.2, 0) is 21.3 Å². The molecule has 0 spiro atoms. The van der Waals surface area contributed by atoms with Crippen LogP contribution in [0.3, 0.4) is 0 Å². The fourth-order valence-electron chi connectivity index (χ4n) is 2.23. The van der Waals surface area contributed by atoms with Gasteiger partial charge in [-0.25, -0.2) is 0 Å². The van der Waals surface area contributed by atoms with Crippen LogP contribution in [0.15, 0.2) is 38.9 Å². The smallest absolute Gasteiger partial charge is 0.294 e. The lowest BCUT2D eigenvalue weighted by molar-refractivity contribution is 0.187. The number of benzene rings is 1. The molecule has 0 radical (unpaired) electrons. The minimum absolute atomic E-state index is 0.117. The van der Waals surface area contributed by atoms with E-state index in [1.165, 1.54) is 17.4 Å². The van der Waals surface area contributed by atoms with Gasteiger partial charge in [-0.2, -0.15) is 8.42 Å². The first-order chi connectivity index (χ1) is 11.9. The number of aromatic nitrogens is 1. The number of fused-ring (bicyclic) bond motifs is 1. The van der Waals surface area contributed by atoms with Crippen LogP contribution in [-0.4, -0.2) is 33.8 Å². The Kier molecular flexibility index (Phi) is 5.49. The van der Waals surface area contributed by atoms with Crippen molar-refractivity contribution in [3.8, 4) is 5.75 Å². The molecular weight excluding hydrogens is 404 g/mol. The predicted molar refractivity (Wildman–Crippen MR) is 100 cm³/mol. The monoisotopic (exact) mass is 418 g/mol. The van der Waals surface area contributed by atoms with Gasteiger partial charge in [0.2, 0.25) is 4.80 Å². The van der Waals surface area contributed by atoms with E-state index in [1.54, 1.807) is 20.3 Å². The van der Waals surface area contributed by atoms with Crippen molar-refractivity contribution in [1.29, 1.82) is 0 Å². The third-order valence-corrected chi connectivity index (χ3v) is 7.53. The normalized spacial score (nSPS) is 12.8. The Balaban J connectivity index is 2.19. The molecule has 6 nitrogen and oxygen atoms in total. The molecule has 10 heteroatoms. The summed E-state index contributed by atoms with van der Waals surface area (Å²) in [4.78, 5) is 0.379. The molecule has 2 heterocycles. The van der Waals surface area contributed by atoms with Crippen LogP contribution in [0, 0.1) is 0 Å². The van der Waals surface area contributed by atoms with Crippen molar-refractivity contribution in [3.05, 3.63) is 39.5 Å². The maximum absolute atomic E-state index is 12.6. The van der Waals surface area contributed by atoms with Gasteiger partial charge in [-0.1, -0.05) is 22.9 Å². The molecule has 0 N–H and O–H groups in total. The maximum atomic E-state index is 12.6. The Hall–Kier alpha value is -1.39. The van der Waals surface area contributed by atoms with Gasteiger partial charge >= 0.3 is 0 Å². The van der Waals surface area contributed by atoms with E-state index in [2.05, 4.69) is 4.40 Å². The van der Waals surface area contributed by atoms with E-state index in [9.17, 15) is 8.42 Å². The Bertz CT molecular complexity index is 1070. The van der Waals surface area contributed by atoms with Gasteiger partial charge in [0.15, 0.2) is 0 Å². The lowest BCUT2D eigenvalue weighted by Gasteiger charge is -2.05. The van der Waals surface area contributed by atoms with Crippen LogP contribution in [0.5, 0.6) is 5.75 Å². The first kappa shape index (κ1) is 18.4. The average Bonchev–Trinajstić information content (AvgIpc) is 3.16. The first-order valence-corrected chi connectivity index (χ1v) is 10.6. The fraction of sp³-hybridized carbons (Fsp3) is 0.267. The number of halogens is 1. The molecule has 0 saturated carbocycles. The van der Waals surface area contributed by atoms with Crippen molar-refractivity contribution in [1.82, 2.24) is 4.57 Å². The van der Waals surface area contributed by atoms with E-state index >= 15 is 0 Å². The van der Waals surface area contributed by atoms with Gasteiger partial charge in [-0.15, -0.1) is 15.7 Å². The van der Waals surface area contributed by atoms with Crippen LogP contribution in [0.1, 0.15) is 0 Å². The first-order valence-electron chi connectivity index (χ1n) is 7.17. The second-order valence-corrected chi connectivity index (χ2v) is 9.54. The van der Waals surface area contributed by atoms with Gasteiger partial charge < -0.3 is 14.0 Å². The summed E-state index contributed by atoms with van der Waals surface area (Å²) in [5.74, 6) is 0.701. The molecule has 134 valence electrons.